The zero-order valence-electron chi connectivity index (χ0n) is 11.0. The summed E-state index contributed by atoms with van der Waals surface area (Å²) in [6, 6.07) is 0.114. The first-order valence-corrected chi connectivity index (χ1v) is 6.68. The maximum absolute atomic E-state index is 12.4. The molecule has 2 unspecified atom stereocenters. The van der Waals surface area contributed by atoms with Gasteiger partial charge in [-0.05, 0) is 32.2 Å². The summed E-state index contributed by atoms with van der Waals surface area (Å²) in [5.74, 6) is 2.76. The third kappa shape index (κ3) is 3.47. The summed E-state index contributed by atoms with van der Waals surface area (Å²) in [4.78, 5) is 12.4. The molecule has 0 saturated carbocycles. The van der Waals surface area contributed by atoms with Crippen LogP contribution in [0.25, 0.3) is 0 Å². The molecule has 0 aromatic heterocycles. The molecule has 0 spiro atoms. The Labute approximate surface area is 105 Å². The number of carbonyl (C=O) groups is 1. The van der Waals surface area contributed by atoms with E-state index in [1.165, 1.54) is 0 Å². The molecule has 17 heavy (non-hydrogen) atoms. The van der Waals surface area contributed by atoms with E-state index in [1.807, 2.05) is 0 Å². The largest absolute Gasteiger partial charge is 0.351 e. The Morgan fingerprint density at radius 3 is 2.82 bits per heavy atom. The summed E-state index contributed by atoms with van der Waals surface area (Å²) >= 11 is 0. The van der Waals surface area contributed by atoms with Crippen LogP contribution in [0.1, 0.15) is 52.4 Å². The molecule has 3 nitrogen and oxygen atoms in total. The van der Waals surface area contributed by atoms with Crippen molar-refractivity contribution in [2.45, 2.75) is 64.0 Å². The fourth-order valence-corrected chi connectivity index (χ4v) is 2.52. The van der Waals surface area contributed by atoms with Gasteiger partial charge >= 0.3 is 0 Å². The highest BCUT2D eigenvalue weighted by atomic mass is 16.2. The van der Waals surface area contributed by atoms with E-state index in [9.17, 15) is 4.79 Å². The predicted molar refractivity (Wildman–Crippen MR) is 70.5 cm³/mol. The number of amides is 1. The van der Waals surface area contributed by atoms with E-state index in [2.05, 4.69) is 30.4 Å². The monoisotopic (exact) mass is 236 g/mol. The van der Waals surface area contributed by atoms with Crippen LogP contribution in [0.4, 0.5) is 0 Å². The maximum atomic E-state index is 12.4. The lowest BCUT2D eigenvalue weighted by atomic mass is 9.90. The molecule has 1 heterocycles. The zero-order valence-corrected chi connectivity index (χ0v) is 11.0. The lowest BCUT2D eigenvalue weighted by molar-refractivity contribution is -0.128. The summed E-state index contributed by atoms with van der Waals surface area (Å²) in [6.07, 6.45) is 10.8. The van der Waals surface area contributed by atoms with Crippen molar-refractivity contribution in [2.24, 2.45) is 0 Å². The van der Waals surface area contributed by atoms with E-state index < -0.39 is 0 Å². The van der Waals surface area contributed by atoms with Crippen molar-refractivity contribution in [3.8, 4) is 12.3 Å². The van der Waals surface area contributed by atoms with E-state index in [0.717, 1.165) is 38.6 Å². The fourth-order valence-electron chi connectivity index (χ4n) is 2.52. The molecule has 2 N–H and O–H groups in total. The van der Waals surface area contributed by atoms with Crippen LogP contribution >= 0.6 is 0 Å². The molecule has 0 aromatic rings. The second-order valence-electron chi connectivity index (χ2n) is 4.85. The van der Waals surface area contributed by atoms with Gasteiger partial charge in [-0.15, -0.1) is 12.3 Å². The maximum Gasteiger partial charge on any atom is 0.240 e. The molecular formula is C14H24N2O. The van der Waals surface area contributed by atoms with Crippen molar-refractivity contribution in [1.82, 2.24) is 10.6 Å². The Hall–Kier alpha value is -1.01. The Bertz CT molecular complexity index is 287. The lowest BCUT2D eigenvalue weighted by Gasteiger charge is -2.30. The molecule has 0 radical (unpaired) electrons. The van der Waals surface area contributed by atoms with E-state index in [0.29, 0.717) is 6.42 Å². The normalized spacial score (nSPS) is 25.2. The van der Waals surface area contributed by atoms with Gasteiger partial charge in [0.05, 0.1) is 5.54 Å². The highest BCUT2D eigenvalue weighted by Gasteiger charge is 2.40. The minimum atomic E-state index is -0.337. The average molecular weight is 236 g/mol. The number of carbonyl (C=O) groups excluding carboxylic acids is 1. The smallest absolute Gasteiger partial charge is 0.240 e. The molecule has 1 amide bonds. The van der Waals surface area contributed by atoms with Crippen molar-refractivity contribution in [3.63, 3.8) is 0 Å². The molecule has 96 valence electrons. The zero-order chi connectivity index (χ0) is 12.7. The van der Waals surface area contributed by atoms with Gasteiger partial charge in [-0.2, -0.15) is 0 Å². The van der Waals surface area contributed by atoms with E-state index >= 15 is 0 Å². The number of hydrogen-bond acceptors (Lipinski definition) is 2. The van der Waals surface area contributed by atoms with Gasteiger partial charge in [-0.25, -0.2) is 0 Å². The summed E-state index contributed by atoms with van der Waals surface area (Å²) in [6.45, 7) is 5.12. The Balaban J connectivity index is 2.62. The number of hydrogen-bond donors (Lipinski definition) is 2. The number of nitrogens with one attached hydrogen (secondary N) is 2. The molecule has 0 aliphatic carbocycles. The SMILES string of the molecule is C#CCC(CC)NC(=O)C1(CCC)CCCN1. The van der Waals surface area contributed by atoms with Crippen LogP contribution in [0.5, 0.6) is 0 Å². The number of rotatable bonds is 6. The Morgan fingerprint density at radius 2 is 2.35 bits per heavy atom. The van der Waals surface area contributed by atoms with Crippen LogP contribution in [0.15, 0.2) is 0 Å². The van der Waals surface area contributed by atoms with Crippen molar-refractivity contribution in [2.75, 3.05) is 6.54 Å². The van der Waals surface area contributed by atoms with Crippen LogP contribution in [-0.2, 0) is 4.79 Å². The molecule has 3 heteroatoms. The highest BCUT2D eigenvalue weighted by molar-refractivity contribution is 5.87. The topological polar surface area (TPSA) is 41.1 Å². The van der Waals surface area contributed by atoms with Crippen LogP contribution in [0.2, 0.25) is 0 Å². The van der Waals surface area contributed by atoms with Crippen LogP contribution in [0.3, 0.4) is 0 Å². The first kappa shape index (κ1) is 14.1. The summed E-state index contributed by atoms with van der Waals surface area (Å²) in [5, 5.41) is 6.47. The quantitative estimate of drug-likeness (QED) is 0.691. The highest BCUT2D eigenvalue weighted by Crippen LogP contribution is 2.25. The molecule has 1 fully saturated rings. The molecule has 1 rings (SSSR count). The van der Waals surface area contributed by atoms with Gasteiger partial charge in [0, 0.05) is 12.5 Å². The third-order valence-electron chi connectivity index (χ3n) is 3.55. The summed E-state index contributed by atoms with van der Waals surface area (Å²) < 4.78 is 0. The second-order valence-corrected chi connectivity index (χ2v) is 4.85. The molecule has 0 aromatic carbocycles. The Kier molecular flexibility index (Phi) is 5.50. The average Bonchev–Trinajstić information content (AvgIpc) is 2.78. The van der Waals surface area contributed by atoms with Gasteiger partial charge in [-0.3, -0.25) is 4.79 Å². The summed E-state index contributed by atoms with van der Waals surface area (Å²) in [5.41, 5.74) is -0.337. The number of terminal acetylenes is 1. The molecular weight excluding hydrogens is 212 g/mol. The van der Waals surface area contributed by atoms with Crippen molar-refractivity contribution in [3.05, 3.63) is 0 Å². The van der Waals surface area contributed by atoms with Crippen molar-refractivity contribution < 1.29 is 4.79 Å². The van der Waals surface area contributed by atoms with Crippen LogP contribution in [0, 0.1) is 12.3 Å². The standard InChI is InChI=1S/C14H24N2O/c1-4-8-12(6-3)16-13(17)14(9-5-2)10-7-11-15-14/h1,12,15H,5-11H2,2-3H3,(H,16,17). The van der Waals surface area contributed by atoms with Gasteiger partial charge in [0.2, 0.25) is 5.91 Å². The van der Waals surface area contributed by atoms with Gasteiger partial charge in [0.25, 0.3) is 0 Å². The van der Waals surface area contributed by atoms with Gasteiger partial charge < -0.3 is 10.6 Å². The van der Waals surface area contributed by atoms with Crippen molar-refractivity contribution in [1.29, 1.82) is 0 Å². The molecule has 0 bridgehead atoms. The van der Waals surface area contributed by atoms with Crippen molar-refractivity contribution >= 4 is 5.91 Å². The van der Waals surface area contributed by atoms with Crippen LogP contribution < -0.4 is 10.6 Å². The molecule has 1 aliphatic rings. The lowest BCUT2D eigenvalue weighted by Crippen LogP contribution is -2.55. The van der Waals surface area contributed by atoms with E-state index in [4.69, 9.17) is 6.42 Å². The minimum Gasteiger partial charge on any atom is -0.351 e. The van der Waals surface area contributed by atoms with Gasteiger partial charge in [-0.1, -0.05) is 20.3 Å². The molecule has 2 atom stereocenters. The fraction of sp³-hybridized carbons (Fsp3) is 0.786. The van der Waals surface area contributed by atoms with E-state index in [-0.39, 0.29) is 17.5 Å². The van der Waals surface area contributed by atoms with Gasteiger partial charge in [0.15, 0.2) is 0 Å². The first-order valence-electron chi connectivity index (χ1n) is 6.68. The Morgan fingerprint density at radius 1 is 1.59 bits per heavy atom. The van der Waals surface area contributed by atoms with Crippen LogP contribution in [-0.4, -0.2) is 24.0 Å². The third-order valence-corrected chi connectivity index (χ3v) is 3.55. The molecule has 1 aliphatic heterocycles. The van der Waals surface area contributed by atoms with E-state index in [1.54, 1.807) is 0 Å². The predicted octanol–water partition coefficient (Wildman–Crippen LogP) is 1.83. The van der Waals surface area contributed by atoms with Gasteiger partial charge in [0.1, 0.15) is 0 Å². The minimum absolute atomic E-state index is 0.114. The summed E-state index contributed by atoms with van der Waals surface area (Å²) in [7, 11) is 0. The first-order chi connectivity index (χ1) is 8.18. The second kappa shape index (κ2) is 6.66. The molecule has 1 saturated heterocycles.